The third kappa shape index (κ3) is 6.32. The molecule has 174 valence electrons. The van der Waals surface area contributed by atoms with E-state index in [-0.39, 0.29) is 16.7 Å². The fourth-order valence-electron chi connectivity index (χ4n) is 3.33. The molecule has 32 heavy (non-hydrogen) atoms. The van der Waals surface area contributed by atoms with E-state index in [0.29, 0.717) is 24.3 Å². The number of carbonyl (C=O) groups excluding carboxylic acids is 2. The second-order valence-corrected chi connectivity index (χ2v) is 10.4. The van der Waals surface area contributed by atoms with Gasteiger partial charge in [-0.1, -0.05) is 45.0 Å². The summed E-state index contributed by atoms with van der Waals surface area (Å²) in [5, 5.41) is 0. The van der Waals surface area contributed by atoms with E-state index in [9.17, 15) is 18.0 Å². The first kappa shape index (κ1) is 25.4. The van der Waals surface area contributed by atoms with Crippen LogP contribution in [0.25, 0.3) is 0 Å². The summed E-state index contributed by atoms with van der Waals surface area (Å²) in [5.74, 6) is -2.44. The predicted octanol–water partition coefficient (Wildman–Crippen LogP) is 3.10. The Balaban J connectivity index is 2.31. The summed E-state index contributed by atoms with van der Waals surface area (Å²) in [4.78, 5) is 27.6. The highest BCUT2D eigenvalue weighted by molar-refractivity contribution is 7.90. The third-order valence-electron chi connectivity index (χ3n) is 5.37. The van der Waals surface area contributed by atoms with Gasteiger partial charge in [0.15, 0.2) is 0 Å². The fourth-order valence-corrected chi connectivity index (χ4v) is 4.35. The van der Waals surface area contributed by atoms with Crippen molar-refractivity contribution >= 4 is 27.5 Å². The Morgan fingerprint density at radius 2 is 1.50 bits per heavy atom. The van der Waals surface area contributed by atoms with E-state index in [0.717, 1.165) is 5.56 Å². The third-order valence-corrected chi connectivity index (χ3v) is 6.74. The van der Waals surface area contributed by atoms with Gasteiger partial charge in [-0.15, -0.1) is 0 Å². The standard InChI is InChI=1S/C24H33N3O4S/c1-6-27(7-2)23(29)21(16-17-8-12-19(25)13-9-17)22(28)26-32(30,31)20-14-10-18(11-15-20)24(3,4)5/h8-15,21H,6-7,16,25H2,1-5H3,(H,26,28). The number of nitrogens with two attached hydrogens (primary N) is 1. The number of hydrogen-bond donors (Lipinski definition) is 2. The van der Waals surface area contributed by atoms with Crippen molar-refractivity contribution < 1.29 is 18.0 Å². The molecule has 0 aliphatic heterocycles. The maximum absolute atomic E-state index is 13.0. The van der Waals surface area contributed by atoms with E-state index < -0.39 is 27.8 Å². The fraction of sp³-hybridized carbons (Fsp3) is 0.417. The lowest BCUT2D eigenvalue weighted by molar-refractivity contribution is -0.141. The maximum atomic E-state index is 13.0. The largest absolute Gasteiger partial charge is 0.399 e. The van der Waals surface area contributed by atoms with Gasteiger partial charge < -0.3 is 10.6 Å². The van der Waals surface area contributed by atoms with Gasteiger partial charge in [-0.3, -0.25) is 9.59 Å². The first-order chi connectivity index (χ1) is 14.9. The van der Waals surface area contributed by atoms with Crippen LogP contribution in [-0.4, -0.2) is 38.2 Å². The maximum Gasteiger partial charge on any atom is 0.264 e. The van der Waals surface area contributed by atoms with Gasteiger partial charge >= 0.3 is 0 Å². The molecule has 1 atom stereocenters. The van der Waals surface area contributed by atoms with Crippen LogP contribution in [0.4, 0.5) is 5.69 Å². The number of rotatable bonds is 8. The topological polar surface area (TPSA) is 110 Å². The first-order valence-corrected chi connectivity index (χ1v) is 12.2. The van der Waals surface area contributed by atoms with Gasteiger partial charge in [0.05, 0.1) is 4.90 Å². The van der Waals surface area contributed by atoms with Gasteiger partial charge in [0.25, 0.3) is 10.0 Å². The molecule has 2 rings (SSSR count). The van der Waals surface area contributed by atoms with Crippen molar-refractivity contribution in [1.82, 2.24) is 9.62 Å². The van der Waals surface area contributed by atoms with Crippen LogP contribution in [0.3, 0.4) is 0 Å². The van der Waals surface area contributed by atoms with Crippen molar-refractivity contribution in [2.45, 2.75) is 51.3 Å². The molecule has 0 heterocycles. The zero-order valence-electron chi connectivity index (χ0n) is 19.4. The van der Waals surface area contributed by atoms with Gasteiger partial charge in [-0.25, -0.2) is 13.1 Å². The molecular formula is C24H33N3O4S. The molecule has 2 aromatic rings. The number of anilines is 1. The number of benzene rings is 2. The first-order valence-electron chi connectivity index (χ1n) is 10.7. The minimum absolute atomic E-state index is 0.0274. The molecule has 0 fully saturated rings. The van der Waals surface area contributed by atoms with E-state index >= 15 is 0 Å². The van der Waals surface area contributed by atoms with Crippen LogP contribution in [0, 0.1) is 5.92 Å². The quantitative estimate of drug-likeness (QED) is 0.466. The minimum Gasteiger partial charge on any atom is -0.399 e. The molecule has 2 amide bonds. The SMILES string of the molecule is CCN(CC)C(=O)C(Cc1ccc(N)cc1)C(=O)NS(=O)(=O)c1ccc(C(C)(C)C)cc1. The summed E-state index contributed by atoms with van der Waals surface area (Å²) in [5.41, 5.74) is 7.84. The average Bonchev–Trinajstić information content (AvgIpc) is 2.73. The molecular weight excluding hydrogens is 426 g/mol. The Morgan fingerprint density at radius 3 is 1.97 bits per heavy atom. The Bertz CT molecular complexity index is 1040. The van der Waals surface area contributed by atoms with Crippen molar-refractivity contribution in [3.63, 3.8) is 0 Å². The van der Waals surface area contributed by atoms with Crippen LogP contribution in [0.15, 0.2) is 53.4 Å². The summed E-state index contributed by atoms with van der Waals surface area (Å²) >= 11 is 0. The van der Waals surface area contributed by atoms with Crippen molar-refractivity contribution in [3.8, 4) is 0 Å². The number of nitrogens with zero attached hydrogens (tertiary/aromatic N) is 1. The lowest BCUT2D eigenvalue weighted by atomic mass is 9.87. The van der Waals surface area contributed by atoms with Crippen LogP contribution in [0.5, 0.6) is 0 Å². The number of nitrogens with one attached hydrogen (secondary N) is 1. The molecule has 2 aromatic carbocycles. The molecule has 3 N–H and O–H groups in total. The number of nitrogen functional groups attached to an aromatic ring is 1. The molecule has 0 radical (unpaired) electrons. The van der Waals surface area contributed by atoms with E-state index in [2.05, 4.69) is 4.72 Å². The Kier molecular flexibility index (Phi) is 8.07. The van der Waals surface area contributed by atoms with E-state index in [1.807, 2.05) is 34.6 Å². The van der Waals surface area contributed by atoms with Gasteiger partial charge in [0.2, 0.25) is 11.8 Å². The number of amides is 2. The number of sulfonamides is 1. The van der Waals surface area contributed by atoms with E-state index in [1.165, 1.54) is 17.0 Å². The lowest BCUT2D eigenvalue weighted by Crippen LogP contribution is -2.46. The number of carbonyl (C=O) groups is 2. The Hall–Kier alpha value is -2.87. The van der Waals surface area contributed by atoms with Gasteiger partial charge in [0, 0.05) is 18.8 Å². The van der Waals surface area contributed by atoms with E-state index in [1.54, 1.807) is 36.4 Å². The second kappa shape index (κ2) is 10.2. The van der Waals surface area contributed by atoms with Crippen molar-refractivity contribution in [1.29, 1.82) is 0 Å². The van der Waals surface area contributed by atoms with Gasteiger partial charge in [-0.2, -0.15) is 0 Å². The summed E-state index contributed by atoms with van der Waals surface area (Å²) in [7, 11) is -4.13. The molecule has 0 aliphatic rings. The Labute approximate surface area is 191 Å². The van der Waals surface area contributed by atoms with Crippen molar-refractivity contribution in [3.05, 3.63) is 59.7 Å². The summed E-state index contributed by atoms with van der Waals surface area (Å²) in [6.07, 6.45) is 0.0694. The zero-order chi connectivity index (χ0) is 24.1. The monoisotopic (exact) mass is 459 g/mol. The van der Waals surface area contributed by atoms with Crippen LogP contribution >= 0.6 is 0 Å². The van der Waals surface area contributed by atoms with Crippen LogP contribution in [0.1, 0.15) is 45.7 Å². The molecule has 1 unspecified atom stereocenters. The number of hydrogen-bond acceptors (Lipinski definition) is 5. The molecule has 7 nitrogen and oxygen atoms in total. The smallest absolute Gasteiger partial charge is 0.264 e. The highest BCUT2D eigenvalue weighted by Gasteiger charge is 2.33. The highest BCUT2D eigenvalue weighted by Crippen LogP contribution is 2.23. The lowest BCUT2D eigenvalue weighted by Gasteiger charge is -2.25. The summed E-state index contributed by atoms with van der Waals surface area (Å²) < 4.78 is 27.8. The van der Waals surface area contributed by atoms with Crippen LogP contribution < -0.4 is 10.5 Å². The van der Waals surface area contributed by atoms with Crippen molar-refractivity contribution in [2.75, 3.05) is 18.8 Å². The normalized spacial score (nSPS) is 12.8. The molecule has 0 bridgehead atoms. The van der Waals surface area contributed by atoms with Gasteiger partial charge in [0.1, 0.15) is 5.92 Å². The Morgan fingerprint density at radius 1 is 0.969 bits per heavy atom. The molecule has 8 heteroatoms. The summed E-state index contributed by atoms with van der Waals surface area (Å²) in [6, 6.07) is 13.2. The minimum atomic E-state index is -4.13. The second-order valence-electron chi connectivity index (χ2n) is 8.75. The molecule has 0 saturated heterocycles. The molecule has 0 aromatic heterocycles. The summed E-state index contributed by atoms with van der Waals surface area (Å²) in [6.45, 7) is 10.5. The highest BCUT2D eigenvalue weighted by atomic mass is 32.2. The van der Waals surface area contributed by atoms with Gasteiger partial charge in [-0.05, 0) is 61.1 Å². The zero-order valence-corrected chi connectivity index (χ0v) is 20.2. The molecule has 0 aliphatic carbocycles. The van der Waals surface area contributed by atoms with Crippen LogP contribution in [-0.2, 0) is 31.4 Å². The molecule has 0 saturated carbocycles. The van der Waals surface area contributed by atoms with E-state index in [4.69, 9.17) is 5.73 Å². The molecule has 0 spiro atoms. The van der Waals surface area contributed by atoms with Crippen LogP contribution in [0.2, 0.25) is 0 Å². The average molecular weight is 460 g/mol. The van der Waals surface area contributed by atoms with Crippen molar-refractivity contribution in [2.24, 2.45) is 5.92 Å². The predicted molar refractivity (Wildman–Crippen MR) is 126 cm³/mol.